The van der Waals surface area contributed by atoms with Gasteiger partial charge < -0.3 is 5.32 Å². The van der Waals surface area contributed by atoms with E-state index in [4.69, 9.17) is 0 Å². The molecule has 4 rings (SSSR count). The summed E-state index contributed by atoms with van der Waals surface area (Å²) >= 11 is 0. The number of anilines is 2. The number of aryl methyl sites for hydroxylation is 1. The molecule has 0 aliphatic carbocycles. The summed E-state index contributed by atoms with van der Waals surface area (Å²) in [6, 6.07) is 12.9. The van der Waals surface area contributed by atoms with Crippen molar-refractivity contribution in [3.8, 4) is 0 Å². The zero-order chi connectivity index (χ0) is 16.7. The van der Waals surface area contributed by atoms with Crippen molar-refractivity contribution in [2.24, 2.45) is 0 Å². The van der Waals surface area contributed by atoms with Gasteiger partial charge in [-0.3, -0.25) is 14.9 Å². The summed E-state index contributed by atoms with van der Waals surface area (Å²) in [7, 11) is 0. The minimum atomic E-state index is -0.670. The fraction of sp³-hybridized carbons (Fsp3) is 0.176. The first kappa shape index (κ1) is 14.4. The van der Waals surface area contributed by atoms with E-state index in [1.165, 1.54) is 4.68 Å². The highest BCUT2D eigenvalue weighted by Crippen LogP contribution is 2.27. The highest BCUT2D eigenvalue weighted by molar-refractivity contribution is 6.04. The van der Waals surface area contributed by atoms with Crippen LogP contribution in [0.2, 0.25) is 0 Å². The first-order chi connectivity index (χ1) is 11.6. The van der Waals surface area contributed by atoms with E-state index in [2.05, 4.69) is 20.7 Å². The predicted molar refractivity (Wildman–Crippen MR) is 89.6 cm³/mol. The number of amides is 2. The normalized spacial score (nSPS) is 16.0. The van der Waals surface area contributed by atoms with Crippen molar-refractivity contribution < 1.29 is 9.59 Å². The maximum Gasteiger partial charge on any atom is 0.252 e. The number of nitrogens with zero attached hydrogens (tertiary/aromatic N) is 3. The van der Waals surface area contributed by atoms with E-state index in [0.29, 0.717) is 11.8 Å². The standard InChI is InChI=1S/C17H15N5O2/c1-10-18-17-20-16(24)14(22(17)21-10)9-15(23)19-13-8-4-6-11-5-2-3-7-12(11)13/h2-8,14H,9H2,1H3,(H,19,23)(H,18,20,21,24)/t14-/m1/s1. The Bertz CT molecular complexity index is 957. The molecule has 3 aromatic rings. The predicted octanol–water partition coefficient (Wildman–Crippen LogP) is 2.26. The number of carbonyl (C=O) groups is 2. The molecular formula is C17H15N5O2. The highest BCUT2D eigenvalue weighted by Gasteiger charge is 2.34. The largest absolute Gasteiger partial charge is 0.325 e. The molecule has 2 amide bonds. The van der Waals surface area contributed by atoms with Crippen molar-refractivity contribution >= 4 is 34.2 Å². The number of fused-ring (bicyclic) bond motifs is 2. The molecule has 0 unspecified atom stereocenters. The molecule has 0 saturated heterocycles. The van der Waals surface area contributed by atoms with Crippen LogP contribution in [0, 0.1) is 6.92 Å². The Hall–Kier alpha value is -3.22. The Morgan fingerprint density at radius 3 is 2.92 bits per heavy atom. The van der Waals surface area contributed by atoms with Gasteiger partial charge in [-0.15, -0.1) is 0 Å². The lowest BCUT2D eigenvalue weighted by Gasteiger charge is -2.11. The average Bonchev–Trinajstić information content (AvgIpc) is 3.05. The van der Waals surface area contributed by atoms with E-state index < -0.39 is 6.04 Å². The Balaban J connectivity index is 1.56. The lowest BCUT2D eigenvalue weighted by Crippen LogP contribution is -2.23. The van der Waals surface area contributed by atoms with Gasteiger partial charge in [-0.2, -0.15) is 10.1 Å². The van der Waals surface area contributed by atoms with Gasteiger partial charge in [-0.1, -0.05) is 36.4 Å². The summed E-state index contributed by atoms with van der Waals surface area (Å²) in [5.41, 5.74) is 0.728. The van der Waals surface area contributed by atoms with Crippen molar-refractivity contribution in [1.82, 2.24) is 14.8 Å². The second-order valence-electron chi connectivity index (χ2n) is 5.71. The molecule has 0 fully saturated rings. The summed E-state index contributed by atoms with van der Waals surface area (Å²) in [5, 5.41) is 11.7. The molecule has 1 aliphatic rings. The van der Waals surface area contributed by atoms with E-state index in [0.717, 1.165) is 16.5 Å². The quantitative estimate of drug-likeness (QED) is 0.774. The molecule has 120 valence electrons. The Morgan fingerprint density at radius 2 is 2.04 bits per heavy atom. The lowest BCUT2D eigenvalue weighted by molar-refractivity contribution is -0.123. The van der Waals surface area contributed by atoms with Gasteiger partial charge in [0.2, 0.25) is 11.9 Å². The van der Waals surface area contributed by atoms with E-state index in [1.807, 2.05) is 42.5 Å². The van der Waals surface area contributed by atoms with Gasteiger partial charge in [0.05, 0.1) is 6.42 Å². The number of nitrogens with one attached hydrogen (secondary N) is 2. The SMILES string of the molecule is Cc1nc2n(n1)[C@H](CC(=O)Nc1cccc3ccccc13)C(=O)N2. The van der Waals surface area contributed by atoms with E-state index in [9.17, 15) is 9.59 Å². The van der Waals surface area contributed by atoms with Crippen molar-refractivity contribution in [3.05, 3.63) is 48.3 Å². The summed E-state index contributed by atoms with van der Waals surface area (Å²) in [5.74, 6) is 0.440. The van der Waals surface area contributed by atoms with Crippen LogP contribution < -0.4 is 10.6 Å². The molecule has 1 aliphatic heterocycles. The van der Waals surface area contributed by atoms with Gasteiger partial charge in [-0.25, -0.2) is 4.68 Å². The molecule has 2 aromatic carbocycles. The molecular weight excluding hydrogens is 306 g/mol. The Morgan fingerprint density at radius 1 is 1.25 bits per heavy atom. The summed E-state index contributed by atoms with van der Waals surface area (Å²) in [4.78, 5) is 28.5. The fourth-order valence-electron chi connectivity index (χ4n) is 2.93. The van der Waals surface area contributed by atoms with Crippen LogP contribution in [0.1, 0.15) is 18.3 Å². The zero-order valence-corrected chi connectivity index (χ0v) is 13.0. The van der Waals surface area contributed by atoms with Crippen LogP contribution in [0.5, 0.6) is 0 Å². The van der Waals surface area contributed by atoms with Gasteiger partial charge in [-0.05, 0) is 18.4 Å². The third kappa shape index (κ3) is 2.40. The van der Waals surface area contributed by atoms with Gasteiger partial charge in [0.1, 0.15) is 11.9 Å². The minimum Gasteiger partial charge on any atom is -0.325 e. The summed E-state index contributed by atoms with van der Waals surface area (Å²) in [6.45, 7) is 1.74. The zero-order valence-electron chi connectivity index (χ0n) is 13.0. The van der Waals surface area contributed by atoms with Crippen LogP contribution in [0.25, 0.3) is 10.8 Å². The topological polar surface area (TPSA) is 88.9 Å². The Labute approximate surface area is 137 Å². The van der Waals surface area contributed by atoms with Crippen LogP contribution in [0.4, 0.5) is 11.6 Å². The monoisotopic (exact) mass is 321 g/mol. The van der Waals surface area contributed by atoms with Crippen molar-refractivity contribution in [3.63, 3.8) is 0 Å². The molecule has 1 aromatic heterocycles. The number of aromatic nitrogens is 3. The summed E-state index contributed by atoms with van der Waals surface area (Å²) in [6.07, 6.45) is 0.00482. The number of benzene rings is 2. The highest BCUT2D eigenvalue weighted by atomic mass is 16.2. The van der Waals surface area contributed by atoms with Gasteiger partial charge in [0.25, 0.3) is 5.91 Å². The third-order valence-corrected chi connectivity index (χ3v) is 4.01. The van der Waals surface area contributed by atoms with Crippen LogP contribution >= 0.6 is 0 Å². The van der Waals surface area contributed by atoms with Crippen molar-refractivity contribution in [2.75, 3.05) is 10.6 Å². The van der Waals surface area contributed by atoms with Crippen molar-refractivity contribution in [2.45, 2.75) is 19.4 Å². The molecule has 2 N–H and O–H groups in total. The third-order valence-electron chi connectivity index (χ3n) is 4.01. The van der Waals surface area contributed by atoms with Crippen LogP contribution in [-0.4, -0.2) is 26.6 Å². The van der Waals surface area contributed by atoms with Crippen LogP contribution in [0.3, 0.4) is 0 Å². The molecule has 2 heterocycles. The van der Waals surface area contributed by atoms with Crippen molar-refractivity contribution in [1.29, 1.82) is 0 Å². The second-order valence-corrected chi connectivity index (χ2v) is 5.71. The first-order valence-corrected chi connectivity index (χ1v) is 7.63. The lowest BCUT2D eigenvalue weighted by atomic mass is 10.1. The number of hydrogen-bond donors (Lipinski definition) is 2. The Kier molecular flexibility index (Phi) is 3.26. The summed E-state index contributed by atoms with van der Waals surface area (Å²) < 4.78 is 1.47. The molecule has 0 saturated carbocycles. The first-order valence-electron chi connectivity index (χ1n) is 7.63. The second kappa shape index (κ2) is 5.45. The van der Waals surface area contributed by atoms with E-state index in [1.54, 1.807) is 6.92 Å². The maximum absolute atomic E-state index is 12.4. The molecule has 0 radical (unpaired) electrons. The number of carbonyl (C=O) groups excluding carboxylic acids is 2. The van der Waals surface area contributed by atoms with Gasteiger partial charge in [0.15, 0.2) is 0 Å². The molecule has 1 atom stereocenters. The maximum atomic E-state index is 12.4. The minimum absolute atomic E-state index is 0.00482. The van der Waals surface area contributed by atoms with Crippen LogP contribution in [-0.2, 0) is 9.59 Å². The van der Waals surface area contributed by atoms with Crippen LogP contribution in [0.15, 0.2) is 42.5 Å². The molecule has 7 nitrogen and oxygen atoms in total. The smallest absolute Gasteiger partial charge is 0.252 e. The van der Waals surface area contributed by atoms with E-state index in [-0.39, 0.29) is 18.2 Å². The number of rotatable bonds is 3. The van der Waals surface area contributed by atoms with E-state index >= 15 is 0 Å². The molecule has 0 bridgehead atoms. The fourth-order valence-corrected chi connectivity index (χ4v) is 2.93. The average molecular weight is 321 g/mol. The molecule has 24 heavy (non-hydrogen) atoms. The van der Waals surface area contributed by atoms with Gasteiger partial charge >= 0.3 is 0 Å². The number of hydrogen-bond acceptors (Lipinski definition) is 4. The van der Waals surface area contributed by atoms with Gasteiger partial charge in [0, 0.05) is 11.1 Å². The molecule has 7 heteroatoms. The molecule has 0 spiro atoms.